The van der Waals surface area contributed by atoms with Crippen molar-refractivity contribution in [2.75, 3.05) is 18.8 Å². The Morgan fingerprint density at radius 2 is 2.27 bits per heavy atom. The Balaban J connectivity index is 1.38. The average molecular weight is 337 g/mol. The van der Waals surface area contributed by atoms with Crippen LogP contribution in [0.25, 0.3) is 0 Å². The summed E-state index contributed by atoms with van der Waals surface area (Å²) in [7, 11) is 0. The van der Waals surface area contributed by atoms with Crippen molar-refractivity contribution in [2.45, 2.75) is 51.1 Å². The van der Waals surface area contributed by atoms with E-state index in [9.17, 15) is 0 Å². The van der Waals surface area contributed by atoms with Crippen LogP contribution in [-0.2, 0) is 0 Å². The third-order valence-electron chi connectivity index (χ3n) is 4.86. The molecule has 4 nitrogen and oxygen atoms in total. The fourth-order valence-corrected chi connectivity index (χ4v) is 5.69. The van der Waals surface area contributed by atoms with Crippen LogP contribution in [0.5, 0.6) is 0 Å². The van der Waals surface area contributed by atoms with E-state index >= 15 is 0 Å². The van der Waals surface area contributed by atoms with E-state index in [2.05, 4.69) is 34.5 Å². The predicted molar refractivity (Wildman–Crippen MR) is 97.5 cm³/mol. The summed E-state index contributed by atoms with van der Waals surface area (Å²) in [6.45, 7) is 6.46. The Bertz CT molecular complexity index is 552. The van der Waals surface area contributed by atoms with Crippen LogP contribution in [-0.4, -0.2) is 45.7 Å². The Hall–Kier alpha value is -0.620. The molecule has 6 heteroatoms. The Morgan fingerprint density at radius 1 is 1.41 bits per heavy atom. The standard InChI is InChI=1S/C16H24N4S2/c1-16(2)10-17-14(19-16)21-8-12-9-22-15-18-13-6-4-3-5-11(13)7-20(12)15/h9,11,13H,3-8,10H2,1-2H3,(H,17,19)/t11-,13+/m0/s1. The molecule has 0 unspecified atom stereocenters. The summed E-state index contributed by atoms with van der Waals surface area (Å²) in [5.74, 6) is 1.76. The van der Waals surface area contributed by atoms with Crippen molar-refractivity contribution in [2.24, 2.45) is 15.9 Å². The molecule has 2 atom stereocenters. The molecule has 120 valence electrons. The molecule has 3 heterocycles. The summed E-state index contributed by atoms with van der Waals surface area (Å²) in [6.07, 6.45) is 5.39. The first-order valence-corrected chi connectivity index (χ1v) is 10.1. The van der Waals surface area contributed by atoms with Gasteiger partial charge < -0.3 is 10.2 Å². The predicted octanol–water partition coefficient (Wildman–Crippen LogP) is 3.28. The highest BCUT2D eigenvalue weighted by Gasteiger charge is 2.36. The summed E-state index contributed by atoms with van der Waals surface area (Å²) >= 11 is 3.64. The van der Waals surface area contributed by atoms with Crippen LogP contribution in [0.3, 0.4) is 0 Å². The SMILES string of the molecule is CC1(C)CN=C(SCC2=CSC3=N[C@@H]4CCCC[C@H]4CN23)N1. The second-order valence-corrected chi connectivity index (χ2v) is 9.08. The number of nitrogens with zero attached hydrogens (tertiary/aromatic N) is 3. The second kappa shape index (κ2) is 5.78. The molecule has 3 aliphatic heterocycles. The van der Waals surface area contributed by atoms with E-state index in [1.54, 1.807) is 0 Å². The fraction of sp³-hybridized carbons (Fsp3) is 0.750. The zero-order chi connectivity index (χ0) is 15.2. The maximum absolute atomic E-state index is 5.02. The lowest BCUT2D eigenvalue weighted by molar-refractivity contribution is 0.248. The molecule has 0 bridgehead atoms. The molecule has 1 saturated carbocycles. The van der Waals surface area contributed by atoms with Gasteiger partial charge in [-0.3, -0.25) is 9.98 Å². The van der Waals surface area contributed by atoms with Gasteiger partial charge in [-0.1, -0.05) is 36.4 Å². The van der Waals surface area contributed by atoms with Crippen molar-refractivity contribution in [1.82, 2.24) is 10.2 Å². The molecule has 0 amide bonds. The highest BCUT2D eigenvalue weighted by molar-refractivity contribution is 8.17. The van der Waals surface area contributed by atoms with Gasteiger partial charge in [-0.25, -0.2) is 0 Å². The van der Waals surface area contributed by atoms with Gasteiger partial charge in [0, 0.05) is 18.0 Å². The number of amidine groups is 2. The molecule has 4 aliphatic rings. The van der Waals surface area contributed by atoms with Gasteiger partial charge >= 0.3 is 0 Å². The van der Waals surface area contributed by atoms with E-state index in [1.807, 2.05) is 23.5 Å². The molecule has 0 aromatic heterocycles. The monoisotopic (exact) mass is 336 g/mol. The Kier molecular flexibility index (Phi) is 3.93. The van der Waals surface area contributed by atoms with Crippen molar-refractivity contribution in [3.05, 3.63) is 11.1 Å². The van der Waals surface area contributed by atoms with Crippen molar-refractivity contribution in [3.63, 3.8) is 0 Å². The number of thioether (sulfide) groups is 2. The minimum absolute atomic E-state index is 0.119. The van der Waals surface area contributed by atoms with E-state index in [-0.39, 0.29) is 5.54 Å². The number of aliphatic imine (C=N–C) groups is 2. The van der Waals surface area contributed by atoms with Crippen LogP contribution in [0, 0.1) is 5.92 Å². The van der Waals surface area contributed by atoms with Gasteiger partial charge in [0.05, 0.1) is 18.1 Å². The molecule has 0 aromatic carbocycles. The van der Waals surface area contributed by atoms with Crippen LogP contribution in [0.1, 0.15) is 39.5 Å². The van der Waals surface area contributed by atoms with Gasteiger partial charge in [0.25, 0.3) is 0 Å². The van der Waals surface area contributed by atoms with Gasteiger partial charge in [-0.05, 0) is 38.0 Å². The Labute approximate surface area is 141 Å². The topological polar surface area (TPSA) is 40.0 Å². The lowest BCUT2D eigenvalue weighted by atomic mass is 9.84. The zero-order valence-corrected chi connectivity index (χ0v) is 15.0. The van der Waals surface area contributed by atoms with E-state index in [0.717, 1.165) is 23.4 Å². The first-order chi connectivity index (χ1) is 10.6. The summed E-state index contributed by atoms with van der Waals surface area (Å²) < 4.78 is 0. The molecule has 1 N–H and O–H groups in total. The molecule has 0 spiro atoms. The van der Waals surface area contributed by atoms with Crippen LogP contribution < -0.4 is 5.32 Å². The minimum atomic E-state index is 0.119. The molecule has 0 saturated heterocycles. The molecular formula is C16H24N4S2. The number of rotatable bonds is 2. The first kappa shape index (κ1) is 14.9. The summed E-state index contributed by atoms with van der Waals surface area (Å²) in [5, 5.41) is 8.13. The highest BCUT2D eigenvalue weighted by Crippen LogP contribution is 2.38. The lowest BCUT2D eigenvalue weighted by Crippen LogP contribution is -2.42. The van der Waals surface area contributed by atoms with Gasteiger partial charge in [0.1, 0.15) is 0 Å². The van der Waals surface area contributed by atoms with Crippen LogP contribution in [0.4, 0.5) is 0 Å². The molecular weight excluding hydrogens is 312 g/mol. The molecule has 1 fully saturated rings. The van der Waals surface area contributed by atoms with Gasteiger partial charge in [-0.15, -0.1) is 0 Å². The number of fused-ring (bicyclic) bond motifs is 2. The molecule has 22 heavy (non-hydrogen) atoms. The van der Waals surface area contributed by atoms with E-state index in [0.29, 0.717) is 6.04 Å². The third kappa shape index (κ3) is 2.92. The summed E-state index contributed by atoms with van der Waals surface area (Å²) in [5.41, 5.74) is 1.53. The Morgan fingerprint density at radius 3 is 3.09 bits per heavy atom. The van der Waals surface area contributed by atoms with Gasteiger partial charge in [-0.2, -0.15) is 0 Å². The van der Waals surface area contributed by atoms with Crippen molar-refractivity contribution in [3.8, 4) is 0 Å². The van der Waals surface area contributed by atoms with Gasteiger partial charge in [0.2, 0.25) is 0 Å². The lowest BCUT2D eigenvalue weighted by Gasteiger charge is -2.38. The minimum Gasteiger partial charge on any atom is -0.358 e. The second-order valence-electron chi connectivity index (χ2n) is 7.28. The fourth-order valence-electron chi connectivity index (χ4n) is 3.59. The molecule has 4 rings (SSSR count). The number of hydrogen-bond acceptors (Lipinski definition) is 6. The summed E-state index contributed by atoms with van der Waals surface area (Å²) in [4.78, 5) is 12.1. The van der Waals surface area contributed by atoms with Crippen LogP contribution in [0.2, 0.25) is 0 Å². The van der Waals surface area contributed by atoms with E-state index < -0.39 is 0 Å². The molecule has 0 radical (unpaired) electrons. The average Bonchev–Trinajstić information content (AvgIpc) is 3.05. The zero-order valence-electron chi connectivity index (χ0n) is 13.3. The van der Waals surface area contributed by atoms with Gasteiger partial charge in [0.15, 0.2) is 10.3 Å². The maximum Gasteiger partial charge on any atom is 0.168 e. The maximum atomic E-state index is 5.02. The van der Waals surface area contributed by atoms with Crippen molar-refractivity contribution in [1.29, 1.82) is 0 Å². The van der Waals surface area contributed by atoms with Crippen LogP contribution in [0.15, 0.2) is 21.1 Å². The summed E-state index contributed by atoms with van der Waals surface area (Å²) in [6, 6.07) is 0.592. The smallest absolute Gasteiger partial charge is 0.168 e. The molecule has 0 aromatic rings. The largest absolute Gasteiger partial charge is 0.358 e. The van der Waals surface area contributed by atoms with Crippen molar-refractivity contribution < 1.29 is 0 Å². The normalized spacial score (nSPS) is 32.6. The highest BCUT2D eigenvalue weighted by atomic mass is 32.2. The van der Waals surface area contributed by atoms with Crippen LogP contribution >= 0.6 is 23.5 Å². The number of nitrogens with one attached hydrogen (secondary N) is 1. The quantitative estimate of drug-likeness (QED) is 0.840. The van der Waals surface area contributed by atoms with E-state index in [1.165, 1.54) is 43.1 Å². The third-order valence-corrected chi connectivity index (χ3v) is 6.73. The number of hydrogen-bond donors (Lipinski definition) is 1. The first-order valence-electron chi connectivity index (χ1n) is 8.27. The molecule has 1 aliphatic carbocycles. The van der Waals surface area contributed by atoms with E-state index in [4.69, 9.17) is 4.99 Å². The van der Waals surface area contributed by atoms with Crippen molar-refractivity contribution >= 4 is 33.9 Å².